The number of amides is 1. The van der Waals surface area contributed by atoms with Crippen molar-refractivity contribution in [3.05, 3.63) is 53.6 Å². The van der Waals surface area contributed by atoms with Gasteiger partial charge in [-0.15, -0.1) is 0 Å². The van der Waals surface area contributed by atoms with Crippen molar-refractivity contribution in [2.45, 2.75) is 6.54 Å². The Hall–Kier alpha value is -2.69. The number of phenols is 1. The van der Waals surface area contributed by atoms with E-state index in [9.17, 15) is 9.90 Å². The average Bonchev–Trinajstić information content (AvgIpc) is 2.53. The molecule has 0 aliphatic carbocycles. The van der Waals surface area contributed by atoms with Crippen LogP contribution in [0.15, 0.2) is 42.5 Å². The molecule has 110 valence electrons. The molecule has 0 heterocycles. The van der Waals surface area contributed by atoms with Crippen LogP contribution in [0.3, 0.4) is 0 Å². The zero-order valence-corrected chi connectivity index (χ0v) is 11.9. The number of carbonyl (C=O) groups excluding carboxylic acids is 1. The summed E-state index contributed by atoms with van der Waals surface area (Å²) < 4.78 is 10.2. The zero-order chi connectivity index (χ0) is 15.2. The average molecular weight is 287 g/mol. The standard InChI is InChI=1S/C16H17NO4/c1-20-12-7-8-14(18)11(9-12)10-17-16(19)13-5-3-4-6-15(13)21-2/h3-9,18H,10H2,1-2H3,(H,17,19). The quantitative estimate of drug-likeness (QED) is 0.885. The Morgan fingerprint density at radius 3 is 2.62 bits per heavy atom. The zero-order valence-electron chi connectivity index (χ0n) is 11.9. The highest BCUT2D eigenvalue weighted by molar-refractivity contribution is 5.96. The lowest BCUT2D eigenvalue weighted by molar-refractivity contribution is 0.0947. The van der Waals surface area contributed by atoms with Gasteiger partial charge in [-0.25, -0.2) is 0 Å². The highest BCUT2D eigenvalue weighted by Crippen LogP contribution is 2.23. The molecule has 0 aliphatic rings. The summed E-state index contributed by atoms with van der Waals surface area (Å²) in [6.07, 6.45) is 0. The number of carbonyl (C=O) groups is 1. The van der Waals surface area contributed by atoms with Gasteiger partial charge in [0.15, 0.2) is 0 Å². The smallest absolute Gasteiger partial charge is 0.255 e. The molecular weight excluding hydrogens is 270 g/mol. The molecule has 2 rings (SSSR count). The summed E-state index contributed by atoms with van der Waals surface area (Å²) in [4.78, 5) is 12.2. The van der Waals surface area contributed by atoms with Crippen LogP contribution in [0.1, 0.15) is 15.9 Å². The molecule has 0 radical (unpaired) electrons. The third-order valence-corrected chi connectivity index (χ3v) is 3.08. The first-order chi connectivity index (χ1) is 10.2. The molecule has 2 aromatic rings. The molecule has 0 unspecified atom stereocenters. The van der Waals surface area contributed by atoms with Gasteiger partial charge in [0, 0.05) is 12.1 Å². The first-order valence-electron chi connectivity index (χ1n) is 6.42. The van der Waals surface area contributed by atoms with Gasteiger partial charge in [-0.3, -0.25) is 4.79 Å². The maximum absolute atomic E-state index is 12.2. The minimum atomic E-state index is -0.269. The van der Waals surface area contributed by atoms with Gasteiger partial charge in [-0.2, -0.15) is 0 Å². The summed E-state index contributed by atoms with van der Waals surface area (Å²) >= 11 is 0. The maximum Gasteiger partial charge on any atom is 0.255 e. The van der Waals surface area contributed by atoms with E-state index < -0.39 is 0 Å². The number of methoxy groups -OCH3 is 2. The lowest BCUT2D eigenvalue weighted by Crippen LogP contribution is -2.23. The fourth-order valence-electron chi connectivity index (χ4n) is 1.93. The Balaban J connectivity index is 2.11. The number of benzene rings is 2. The van der Waals surface area contributed by atoms with Gasteiger partial charge in [-0.05, 0) is 30.3 Å². The van der Waals surface area contributed by atoms with Crippen LogP contribution in [0.25, 0.3) is 0 Å². The Morgan fingerprint density at radius 2 is 1.90 bits per heavy atom. The summed E-state index contributed by atoms with van der Waals surface area (Å²) in [5.41, 5.74) is 1.03. The Bertz CT molecular complexity index is 640. The lowest BCUT2D eigenvalue weighted by atomic mass is 10.1. The highest BCUT2D eigenvalue weighted by Gasteiger charge is 2.12. The fraction of sp³-hybridized carbons (Fsp3) is 0.188. The van der Waals surface area contributed by atoms with Crippen molar-refractivity contribution >= 4 is 5.91 Å². The normalized spacial score (nSPS) is 10.0. The minimum absolute atomic E-state index is 0.108. The Labute approximate surface area is 123 Å². The summed E-state index contributed by atoms with van der Waals surface area (Å²) in [5, 5.41) is 12.5. The predicted molar refractivity (Wildman–Crippen MR) is 78.8 cm³/mol. The van der Waals surface area contributed by atoms with E-state index in [1.807, 2.05) is 0 Å². The van der Waals surface area contributed by atoms with Crippen molar-refractivity contribution in [2.75, 3.05) is 14.2 Å². The molecule has 21 heavy (non-hydrogen) atoms. The van der Waals surface area contributed by atoms with Crippen molar-refractivity contribution in [1.29, 1.82) is 0 Å². The van der Waals surface area contributed by atoms with Crippen LogP contribution >= 0.6 is 0 Å². The van der Waals surface area contributed by atoms with Gasteiger partial charge < -0.3 is 19.9 Å². The Kier molecular flexibility index (Phi) is 4.66. The van der Waals surface area contributed by atoms with E-state index >= 15 is 0 Å². The van der Waals surface area contributed by atoms with Crippen LogP contribution in [0.2, 0.25) is 0 Å². The van der Waals surface area contributed by atoms with E-state index in [1.54, 1.807) is 43.5 Å². The van der Waals surface area contributed by atoms with Crippen molar-refractivity contribution < 1.29 is 19.4 Å². The monoisotopic (exact) mass is 287 g/mol. The van der Waals surface area contributed by atoms with Gasteiger partial charge in [0.05, 0.1) is 19.8 Å². The number of rotatable bonds is 5. The van der Waals surface area contributed by atoms with E-state index in [2.05, 4.69) is 5.32 Å². The molecular formula is C16H17NO4. The number of hydrogen-bond acceptors (Lipinski definition) is 4. The predicted octanol–water partition coefficient (Wildman–Crippen LogP) is 2.34. The number of nitrogens with one attached hydrogen (secondary N) is 1. The maximum atomic E-state index is 12.2. The number of hydrogen-bond donors (Lipinski definition) is 2. The van der Waals surface area contributed by atoms with E-state index in [1.165, 1.54) is 13.2 Å². The van der Waals surface area contributed by atoms with Crippen molar-refractivity contribution in [3.63, 3.8) is 0 Å². The van der Waals surface area contributed by atoms with Crippen LogP contribution in [0.4, 0.5) is 0 Å². The second-order valence-electron chi connectivity index (χ2n) is 4.38. The second kappa shape index (κ2) is 6.65. The van der Waals surface area contributed by atoms with E-state index in [4.69, 9.17) is 9.47 Å². The molecule has 0 fully saturated rings. The van der Waals surface area contributed by atoms with Crippen molar-refractivity contribution in [2.24, 2.45) is 0 Å². The molecule has 5 heteroatoms. The topological polar surface area (TPSA) is 67.8 Å². The molecule has 2 N–H and O–H groups in total. The molecule has 0 saturated heterocycles. The Morgan fingerprint density at radius 1 is 1.14 bits per heavy atom. The van der Waals surface area contributed by atoms with Crippen LogP contribution in [0.5, 0.6) is 17.2 Å². The summed E-state index contributed by atoms with van der Waals surface area (Å²) in [7, 11) is 3.06. The molecule has 0 aliphatic heterocycles. The molecule has 0 atom stereocenters. The fourth-order valence-corrected chi connectivity index (χ4v) is 1.93. The SMILES string of the molecule is COc1ccc(O)c(CNC(=O)c2ccccc2OC)c1. The second-order valence-corrected chi connectivity index (χ2v) is 4.38. The van der Waals surface area contributed by atoms with Gasteiger partial charge >= 0.3 is 0 Å². The third kappa shape index (κ3) is 3.45. The molecule has 1 amide bonds. The van der Waals surface area contributed by atoms with Gasteiger partial charge in [0.1, 0.15) is 17.2 Å². The van der Waals surface area contributed by atoms with Crippen LogP contribution in [-0.2, 0) is 6.54 Å². The molecule has 2 aromatic carbocycles. The number of ether oxygens (including phenoxy) is 2. The van der Waals surface area contributed by atoms with Crippen molar-refractivity contribution in [3.8, 4) is 17.2 Å². The van der Waals surface area contributed by atoms with E-state index in [0.29, 0.717) is 22.6 Å². The largest absolute Gasteiger partial charge is 0.508 e. The van der Waals surface area contributed by atoms with Gasteiger partial charge in [-0.1, -0.05) is 12.1 Å². The third-order valence-electron chi connectivity index (χ3n) is 3.08. The van der Waals surface area contributed by atoms with E-state index in [0.717, 1.165) is 0 Å². The van der Waals surface area contributed by atoms with E-state index in [-0.39, 0.29) is 18.2 Å². The number of phenolic OH excluding ortho intramolecular Hbond substituents is 1. The first-order valence-corrected chi connectivity index (χ1v) is 6.42. The van der Waals surface area contributed by atoms with Gasteiger partial charge in [0.25, 0.3) is 5.91 Å². The number of para-hydroxylation sites is 1. The summed E-state index contributed by atoms with van der Waals surface area (Å²) in [5.74, 6) is 0.963. The molecule has 0 bridgehead atoms. The molecule has 0 aromatic heterocycles. The van der Waals surface area contributed by atoms with Gasteiger partial charge in [0.2, 0.25) is 0 Å². The van der Waals surface area contributed by atoms with Crippen LogP contribution in [0, 0.1) is 0 Å². The first kappa shape index (κ1) is 14.7. The molecule has 5 nitrogen and oxygen atoms in total. The summed E-state index contributed by atoms with van der Waals surface area (Å²) in [6, 6.07) is 11.8. The lowest BCUT2D eigenvalue weighted by Gasteiger charge is -2.11. The summed E-state index contributed by atoms with van der Waals surface area (Å²) in [6.45, 7) is 0.194. The highest BCUT2D eigenvalue weighted by atomic mass is 16.5. The van der Waals surface area contributed by atoms with Crippen LogP contribution in [-0.4, -0.2) is 25.2 Å². The minimum Gasteiger partial charge on any atom is -0.508 e. The van der Waals surface area contributed by atoms with Crippen molar-refractivity contribution in [1.82, 2.24) is 5.32 Å². The van der Waals surface area contributed by atoms with Crippen LogP contribution < -0.4 is 14.8 Å². The molecule has 0 spiro atoms. The number of aromatic hydroxyl groups is 1. The molecule has 0 saturated carbocycles.